The lowest BCUT2D eigenvalue weighted by atomic mass is 10.1. The molecule has 0 fully saturated rings. The van der Waals surface area contributed by atoms with Crippen molar-refractivity contribution < 1.29 is 9.90 Å². The van der Waals surface area contributed by atoms with Gasteiger partial charge in [-0.3, -0.25) is 4.79 Å². The molecule has 3 nitrogen and oxygen atoms in total. The summed E-state index contributed by atoms with van der Waals surface area (Å²) >= 11 is 0. The number of carbonyl (C=O) groups excluding carboxylic acids is 1. The van der Waals surface area contributed by atoms with Crippen LogP contribution in [0.15, 0.2) is 48.5 Å². The van der Waals surface area contributed by atoms with Crippen molar-refractivity contribution in [2.45, 2.75) is 13.3 Å². The summed E-state index contributed by atoms with van der Waals surface area (Å²) in [4.78, 5) is 11.9. The van der Waals surface area contributed by atoms with Crippen LogP contribution in [0.4, 0.5) is 5.69 Å². The lowest BCUT2D eigenvalue weighted by Crippen LogP contribution is -2.14. The quantitative estimate of drug-likeness (QED) is 0.868. The number of amides is 1. The molecule has 3 heteroatoms. The van der Waals surface area contributed by atoms with Crippen molar-refractivity contribution in [3.8, 4) is 5.75 Å². The van der Waals surface area contributed by atoms with Gasteiger partial charge < -0.3 is 10.4 Å². The molecule has 1 amide bonds. The van der Waals surface area contributed by atoms with Gasteiger partial charge >= 0.3 is 0 Å². The molecule has 2 rings (SSSR count). The van der Waals surface area contributed by atoms with E-state index in [0.29, 0.717) is 0 Å². The van der Waals surface area contributed by atoms with Gasteiger partial charge in [-0.05, 0) is 36.2 Å². The van der Waals surface area contributed by atoms with Gasteiger partial charge in [0.05, 0.1) is 6.42 Å². The van der Waals surface area contributed by atoms with E-state index in [9.17, 15) is 9.90 Å². The molecule has 0 aliphatic rings. The lowest BCUT2D eigenvalue weighted by Gasteiger charge is -2.08. The number of aryl methyl sites for hydroxylation is 1. The number of phenols is 1. The van der Waals surface area contributed by atoms with Crippen LogP contribution in [0.5, 0.6) is 5.75 Å². The zero-order chi connectivity index (χ0) is 13.0. The van der Waals surface area contributed by atoms with Crippen molar-refractivity contribution in [3.63, 3.8) is 0 Å². The van der Waals surface area contributed by atoms with Crippen LogP contribution in [-0.2, 0) is 11.2 Å². The average molecular weight is 241 g/mol. The number of aromatic hydroxyl groups is 1. The first-order valence-electron chi connectivity index (χ1n) is 5.78. The van der Waals surface area contributed by atoms with E-state index in [4.69, 9.17) is 0 Å². The van der Waals surface area contributed by atoms with Gasteiger partial charge in [0.1, 0.15) is 5.75 Å². The average Bonchev–Trinajstić information content (AvgIpc) is 2.32. The molecule has 0 heterocycles. The normalized spacial score (nSPS) is 10.1. The summed E-state index contributed by atoms with van der Waals surface area (Å²) in [6.07, 6.45) is 0.253. The molecule has 0 aliphatic carbocycles. The van der Waals surface area contributed by atoms with E-state index >= 15 is 0 Å². The van der Waals surface area contributed by atoms with Gasteiger partial charge in [-0.1, -0.05) is 30.3 Å². The Morgan fingerprint density at radius 3 is 2.67 bits per heavy atom. The van der Waals surface area contributed by atoms with Crippen LogP contribution in [0.3, 0.4) is 0 Å². The predicted molar refractivity (Wildman–Crippen MR) is 71.6 cm³/mol. The maximum absolute atomic E-state index is 11.9. The highest BCUT2D eigenvalue weighted by atomic mass is 16.3. The fraction of sp³-hybridized carbons (Fsp3) is 0.133. The fourth-order valence-corrected chi connectivity index (χ4v) is 1.76. The zero-order valence-electron chi connectivity index (χ0n) is 10.2. The number of anilines is 1. The molecule has 18 heavy (non-hydrogen) atoms. The van der Waals surface area contributed by atoms with E-state index in [1.54, 1.807) is 18.2 Å². The second kappa shape index (κ2) is 5.36. The number of rotatable bonds is 3. The molecule has 0 atom stereocenters. The molecule has 2 aromatic carbocycles. The van der Waals surface area contributed by atoms with Crippen molar-refractivity contribution in [2.24, 2.45) is 0 Å². The Labute approximate surface area is 106 Å². The molecule has 0 unspecified atom stereocenters. The monoisotopic (exact) mass is 241 g/mol. The van der Waals surface area contributed by atoms with Crippen molar-refractivity contribution in [2.75, 3.05) is 5.32 Å². The molecule has 2 N–H and O–H groups in total. The summed E-state index contributed by atoms with van der Waals surface area (Å²) in [7, 11) is 0. The van der Waals surface area contributed by atoms with Crippen LogP contribution >= 0.6 is 0 Å². The second-order valence-corrected chi connectivity index (χ2v) is 4.21. The highest BCUT2D eigenvalue weighted by Crippen LogP contribution is 2.15. The number of hydrogen-bond donors (Lipinski definition) is 2. The number of carbonyl (C=O) groups is 1. The van der Waals surface area contributed by atoms with Gasteiger partial charge in [0.15, 0.2) is 0 Å². The fourth-order valence-electron chi connectivity index (χ4n) is 1.76. The Morgan fingerprint density at radius 1 is 1.17 bits per heavy atom. The van der Waals surface area contributed by atoms with Gasteiger partial charge in [0.25, 0.3) is 0 Å². The van der Waals surface area contributed by atoms with Gasteiger partial charge in [-0.2, -0.15) is 0 Å². The van der Waals surface area contributed by atoms with Crippen LogP contribution in [0, 0.1) is 6.92 Å². The summed E-state index contributed by atoms with van der Waals surface area (Å²) in [5, 5.41) is 12.2. The Bertz CT molecular complexity index is 564. The largest absolute Gasteiger partial charge is 0.508 e. The van der Waals surface area contributed by atoms with E-state index < -0.39 is 0 Å². The van der Waals surface area contributed by atoms with E-state index in [1.165, 1.54) is 0 Å². The standard InChI is InChI=1S/C15H15NO2/c1-11-5-2-3-8-14(11)16-15(18)10-12-6-4-7-13(17)9-12/h2-9,17H,10H2,1H3,(H,16,18). The molecule has 0 saturated heterocycles. The predicted octanol–water partition coefficient (Wildman–Crippen LogP) is 2.88. The van der Waals surface area contributed by atoms with Crippen molar-refractivity contribution in [3.05, 3.63) is 59.7 Å². The maximum atomic E-state index is 11.9. The Kier molecular flexibility index (Phi) is 3.63. The molecule has 2 aromatic rings. The summed E-state index contributed by atoms with van der Waals surface area (Å²) < 4.78 is 0. The highest BCUT2D eigenvalue weighted by Gasteiger charge is 2.05. The molecule has 0 aliphatic heterocycles. The van der Waals surface area contributed by atoms with Crippen LogP contribution in [0.2, 0.25) is 0 Å². The van der Waals surface area contributed by atoms with Crippen molar-refractivity contribution in [1.29, 1.82) is 0 Å². The Morgan fingerprint density at radius 2 is 1.94 bits per heavy atom. The highest BCUT2D eigenvalue weighted by molar-refractivity contribution is 5.92. The van der Waals surface area contributed by atoms with E-state index in [-0.39, 0.29) is 18.1 Å². The summed E-state index contributed by atoms with van der Waals surface area (Å²) in [6, 6.07) is 14.4. The number of phenolic OH excluding ortho intramolecular Hbond substituents is 1. The van der Waals surface area contributed by atoms with Gasteiger partial charge in [0.2, 0.25) is 5.91 Å². The second-order valence-electron chi connectivity index (χ2n) is 4.21. The molecule has 0 aromatic heterocycles. The molecule has 0 spiro atoms. The Hall–Kier alpha value is -2.29. The molecule has 0 saturated carbocycles. The smallest absolute Gasteiger partial charge is 0.228 e. The number of para-hydroxylation sites is 1. The first kappa shape index (κ1) is 12.2. The van der Waals surface area contributed by atoms with Crippen LogP contribution in [0.25, 0.3) is 0 Å². The minimum Gasteiger partial charge on any atom is -0.508 e. The summed E-state index contributed by atoms with van der Waals surface area (Å²) in [5.74, 6) is 0.0890. The SMILES string of the molecule is Cc1ccccc1NC(=O)Cc1cccc(O)c1. The first-order chi connectivity index (χ1) is 8.65. The maximum Gasteiger partial charge on any atom is 0.228 e. The minimum absolute atomic E-state index is 0.0881. The zero-order valence-corrected chi connectivity index (χ0v) is 10.2. The molecule has 0 radical (unpaired) electrons. The minimum atomic E-state index is -0.0881. The van der Waals surface area contributed by atoms with Crippen LogP contribution in [-0.4, -0.2) is 11.0 Å². The third-order valence-electron chi connectivity index (χ3n) is 2.69. The number of hydrogen-bond acceptors (Lipinski definition) is 2. The molecule has 92 valence electrons. The third kappa shape index (κ3) is 3.10. The van der Waals surface area contributed by atoms with Crippen LogP contribution < -0.4 is 5.32 Å². The first-order valence-corrected chi connectivity index (χ1v) is 5.78. The molecule has 0 bridgehead atoms. The summed E-state index contributed by atoms with van der Waals surface area (Å²) in [6.45, 7) is 1.95. The van der Waals surface area contributed by atoms with Crippen molar-refractivity contribution in [1.82, 2.24) is 0 Å². The van der Waals surface area contributed by atoms with Gasteiger partial charge in [-0.15, -0.1) is 0 Å². The van der Waals surface area contributed by atoms with E-state index in [2.05, 4.69) is 5.32 Å². The number of nitrogens with one attached hydrogen (secondary N) is 1. The van der Waals surface area contributed by atoms with Crippen LogP contribution in [0.1, 0.15) is 11.1 Å². The molecular weight excluding hydrogens is 226 g/mol. The van der Waals surface area contributed by atoms with Gasteiger partial charge in [0, 0.05) is 5.69 Å². The lowest BCUT2D eigenvalue weighted by molar-refractivity contribution is -0.115. The van der Waals surface area contributed by atoms with Crippen molar-refractivity contribution >= 4 is 11.6 Å². The van der Waals surface area contributed by atoms with E-state index in [1.807, 2.05) is 37.3 Å². The molecular formula is C15H15NO2. The summed E-state index contributed by atoms with van der Waals surface area (Å²) in [5.41, 5.74) is 2.64. The topological polar surface area (TPSA) is 49.3 Å². The van der Waals surface area contributed by atoms with Gasteiger partial charge in [-0.25, -0.2) is 0 Å². The van der Waals surface area contributed by atoms with E-state index in [0.717, 1.165) is 16.8 Å². The Balaban J connectivity index is 2.03. The third-order valence-corrected chi connectivity index (χ3v) is 2.69. The number of benzene rings is 2.